The van der Waals surface area contributed by atoms with E-state index >= 15 is 0 Å². The van der Waals surface area contributed by atoms with Crippen LogP contribution in [0.25, 0.3) is 16.6 Å². The molecule has 6 heteroatoms. The van der Waals surface area contributed by atoms with Crippen LogP contribution in [-0.4, -0.2) is 27.3 Å². The Kier molecular flexibility index (Phi) is 6.52. The smallest absolute Gasteiger partial charge is 0.266 e. The van der Waals surface area contributed by atoms with Crippen LogP contribution in [0, 0.1) is 6.92 Å². The van der Waals surface area contributed by atoms with E-state index in [4.69, 9.17) is 0 Å². The lowest BCUT2D eigenvalue weighted by molar-refractivity contribution is -0.119. The van der Waals surface area contributed by atoms with Gasteiger partial charge >= 0.3 is 0 Å². The maximum atomic E-state index is 13.2. The second-order valence-corrected chi connectivity index (χ2v) is 7.88. The van der Waals surface area contributed by atoms with Crippen molar-refractivity contribution in [3.63, 3.8) is 0 Å². The molecule has 0 aliphatic heterocycles. The highest BCUT2D eigenvalue weighted by atomic mass is 32.2. The Morgan fingerprint density at radius 2 is 2.00 bits per heavy atom. The number of fused-ring (bicyclic) bond motifs is 1. The molecule has 1 heterocycles. The molecule has 28 heavy (non-hydrogen) atoms. The minimum atomic E-state index is -0.126. The number of aromatic nitrogens is 2. The van der Waals surface area contributed by atoms with Crippen molar-refractivity contribution in [3.8, 4) is 5.69 Å². The molecule has 146 valence electrons. The Morgan fingerprint density at radius 1 is 1.21 bits per heavy atom. The Morgan fingerprint density at radius 3 is 2.75 bits per heavy atom. The van der Waals surface area contributed by atoms with Gasteiger partial charge in [0.1, 0.15) is 0 Å². The predicted molar refractivity (Wildman–Crippen MR) is 115 cm³/mol. The molecule has 2 aromatic carbocycles. The lowest BCUT2D eigenvalue weighted by atomic mass is 10.2. The first-order valence-electron chi connectivity index (χ1n) is 9.50. The third kappa shape index (κ3) is 4.62. The lowest BCUT2D eigenvalue weighted by Crippen LogP contribution is -2.34. The third-order valence-corrected chi connectivity index (χ3v) is 5.40. The third-order valence-electron chi connectivity index (χ3n) is 4.47. The van der Waals surface area contributed by atoms with Gasteiger partial charge in [-0.25, -0.2) is 4.98 Å². The number of amides is 1. The average molecular weight is 396 g/mol. The Hall–Kier alpha value is -2.60. The van der Waals surface area contributed by atoms with Gasteiger partial charge in [0.25, 0.3) is 5.56 Å². The molecule has 0 radical (unpaired) electrons. The lowest BCUT2D eigenvalue weighted by Gasteiger charge is -2.15. The van der Waals surface area contributed by atoms with Crippen molar-refractivity contribution < 1.29 is 4.79 Å². The van der Waals surface area contributed by atoms with Gasteiger partial charge in [-0.15, -0.1) is 0 Å². The summed E-state index contributed by atoms with van der Waals surface area (Å²) in [6.07, 6.45) is 1.96. The van der Waals surface area contributed by atoms with Crippen LogP contribution in [0.15, 0.2) is 58.5 Å². The first kappa shape index (κ1) is 20.1. The van der Waals surface area contributed by atoms with Gasteiger partial charge in [0.15, 0.2) is 5.16 Å². The van der Waals surface area contributed by atoms with Crippen LogP contribution in [0.2, 0.25) is 0 Å². The Balaban J connectivity index is 1.97. The maximum absolute atomic E-state index is 13.2. The van der Waals surface area contributed by atoms with E-state index in [1.807, 2.05) is 56.3 Å². The van der Waals surface area contributed by atoms with Crippen LogP contribution in [0.3, 0.4) is 0 Å². The van der Waals surface area contributed by atoms with E-state index in [1.165, 1.54) is 11.8 Å². The molecule has 1 N–H and O–H groups in total. The maximum Gasteiger partial charge on any atom is 0.266 e. The first-order chi connectivity index (χ1) is 13.5. The number of hydrogen-bond donors (Lipinski definition) is 1. The molecule has 0 aliphatic rings. The highest BCUT2D eigenvalue weighted by Crippen LogP contribution is 2.21. The Labute approximate surface area is 169 Å². The van der Waals surface area contributed by atoms with Gasteiger partial charge in [0.2, 0.25) is 5.91 Å². The summed E-state index contributed by atoms with van der Waals surface area (Å²) >= 11 is 1.28. The summed E-state index contributed by atoms with van der Waals surface area (Å²) in [7, 11) is 0. The molecule has 0 saturated heterocycles. The number of rotatable bonds is 7. The number of carbonyl (C=O) groups excluding carboxylic acids is 1. The summed E-state index contributed by atoms with van der Waals surface area (Å²) < 4.78 is 1.60. The van der Waals surface area contributed by atoms with Crippen LogP contribution >= 0.6 is 11.8 Å². The summed E-state index contributed by atoms with van der Waals surface area (Å²) in [6, 6.07) is 15.2. The molecular formula is C22H25N3O2S. The van der Waals surface area contributed by atoms with Gasteiger partial charge in [0.05, 0.1) is 22.3 Å². The van der Waals surface area contributed by atoms with Crippen molar-refractivity contribution in [1.82, 2.24) is 14.9 Å². The molecule has 1 aromatic heterocycles. The zero-order valence-electron chi connectivity index (χ0n) is 16.4. The molecule has 3 aromatic rings. The van der Waals surface area contributed by atoms with Gasteiger partial charge in [0, 0.05) is 6.04 Å². The number of carbonyl (C=O) groups is 1. The van der Waals surface area contributed by atoms with Crippen LogP contribution in [0.1, 0.15) is 32.3 Å². The van der Waals surface area contributed by atoms with Gasteiger partial charge in [-0.2, -0.15) is 0 Å². The number of benzene rings is 2. The molecule has 3 rings (SSSR count). The molecule has 1 atom stereocenters. The van der Waals surface area contributed by atoms with Crippen molar-refractivity contribution in [2.75, 3.05) is 5.75 Å². The van der Waals surface area contributed by atoms with E-state index in [0.717, 1.165) is 24.1 Å². The summed E-state index contributed by atoms with van der Waals surface area (Å²) in [5, 5.41) is 4.08. The topological polar surface area (TPSA) is 64.0 Å². The van der Waals surface area contributed by atoms with E-state index in [2.05, 4.69) is 17.2 Å². The quantitative estimate of drug-likeness (QED) is 0.483. The molecule has 5 nitrogen and oxygen atoms in total. The zero-order chi connectivity index (χ0) is 20.1. The molecule has 0 aliphatic carbocycles. The fraction of sp³-hybridized carbons (Fsp3) is 0.318. The van der Waals surface area contributed by atoms with Crippen molar-refractivity contribution in [1.29, 1.82) is 0 Å². The van der Waals surface area contributed by atoms with E-state index in [0.29, 0.717) is 16.1 Å². The predicted octanol–water partition coefficient (Wildman–Crippen LogP) is 4.09. The number of aryl methyl sites for hydroxylation is 1. The molecule has 0 fully saturated rings. The van der Waals surface area contributed by atoms with Gasteiger partial charge < -0.3 is 5.32 Å². The monoisotopic (exact) mass is 395 g/mol. The van der Waals surface area contributed by atoms with Crippen molar-refractivity contribution in [2.45, 2.75) is 44.8 Å². The average Bonchev–Trinajstić information content (AvgIpc) is 2.66. The van der Waals surface area contributed by atoms with Gasteiger partial charge in [-0.05, 0) is 50.1 Å². The van der Waals surface area contributed by atoms with Crippen molar-refractivity contribution >= 4 is 28.6 Å². The molecule has 0 bridgehead atoms. The van der Waals surface area contributed by atoms with E-state index in [1.54, 1.807) is 10.6 Å². The van der Waals surface area contributed by atoms with Crippen molar-refractivity contribution in [2.24, 2.45) is 0 Å². The number of thioether (sulfide) groups is 1. The van der Waals surface area contributed by atoms with E-state index < -0.39 is 0 Å². The fourth-order valence-electron chi connectivity index (χ4n) is 3.16. The minimum Gasteiger partial charge on any atom is -0.353 e. The SMILES string of the molecule is CCC[C@H](C)NC(=O)CSc1nc2ccccc2c(=O)n1-c1cccc(C)c1. The minimum absolute atomic E-state index is 0.0517. The van der Waals surface area contributed by atoms with Crippen molar-refractivity contribution in [3.05, 3.63) is 64.4 Å². The van der Waals surface area contributed by atoms with Crippen LogP contribution in [-0.2, 0) is 4.79 Å². The summed E-state index contributed by atoms with van der Waals surface area (Å²) in [5.74, 6) is 0.161. The second kappa shape index (κ2) is 9.06. The van der Waals surface area contributed by atoms with E-state index in [9.17, 15) is 9.59 Å². The zero-order valence-corrected chi connectivity index (χ0v) is 17.3. The summed E-state index contributed by atoms with van der Waals surface area (Å²) in [5.41, 5.74) is 2.32. The second-order valence-electron chi connectivity index (χ2n) is 6.94. The number of para-hydroxylation sites is 1. The molecular weight excluding hydrogens is 370 g/mol. The standard InChI is InChI=1S/C22H25N3O2S/c1-4-8-16(3)23-20(26)14-28-22-24-19-12-6-5-11-18(19)21(27)25(22)17-10-7-9-15(2)13-17/h5-7,9-13,16H,4,8,14H2,1-3H3,(H,23,26)/t16-/m0/s1. The molecule has 1 amide bonds. The summed E-state index contributed by atoms with van der Waals surface area (Å²) in [4.78, 5) is 30.2. The van der Waals surface area contributed by atoms with Gasteiger partial charge in [-0.3, -0.25) is 14.2 Å². The summed E-state index contributed by atoms with van der Waals surface area (Å²) in [6.45, 7) is 6.08. The highest BCUT2D eigenvalue weighted by molar-refractivity contribution is 7.99. The van der Waals surface area contributed by atoms with Crippen LogP contribution in [0.4, 0.5) is 0 Å². The molecule has 0 spiro atoms. The van der Waals surface area contributed by atoms with Crippen LogP contribution in [0.5, 0.6) is 0 Å². The highest BCUT2D eigenvalue weighted by Gasteiger charge is 2.15. The van der Waals surface area contributed by atoms with Crippen LogP contribution < -0.4 is 10.9 Å². The number of hydrogen-bond acceptors (Lipinski definition) is 4. The largest absolute Gasteiger partial charge is 0.353 e. The fourth-order valence-corrected chi connectivity index (χ4v) is 3.98. The number of nitrogens with one attached hydrogen (secondary N) is 1. The van der Waals surface area contributed by atoms with Gasteiger partial charge in [-0.1, -0.05) is 49.4 Å². The first-order valence-corrected chi connectivity index (χ1v) is 10.5. The Bertz CT molecular complexity index is 1050. The normalized spacial score (nSPS) is 12.1. The van der Waals surface area contributed by atoms with E-state index in [-0.39, 0.29) is 23.3 Å². The molecule has 0 unspecified atom stereocenters. The molecule has 0 saturated carbocycles. The number of nitrogens with zero attached hydrogens (tertiary/aromatic N) is 2.